The van der Waals surface area contributed by atoms with Gasteiger partial charge in [-0.15, -0.1) is 11.8 Å². The first kappa shape index (κ1) is 15.3. The fourth-order valence-electron chi connectivity index (χ4n) is 3.48. The molecule has 0 saturated carbocycles. The highest BCUT2D eigenvalue weighted by Crippen LogP contribution is 2.40. The Kier molecular flexibility index (Phi) is 4.07. The van der Waals surface area contributed by atoms with E-state index >= 15 is 0 Å². The van der Waals surface area contributed by atoms with E-state index in [1.807, 2.05) is 12.1 Å². The van der Waals surface area contributed by atoms with Crippen LogP contribution in [-0.4, -0.2) is 12.0 Å². The average molecular weight is 336 g/mol. The van der Waals surface area contributed by atoms with E-state index in [-0.39, 0.29) is 11.8 Å². The molecule has 2 N–H and O–H groups in total. The molecule has 0 unspecified atom stereocenters. The summed E-state index contributed by atoms with van der Waals surface area (Å²) in [6.45, 7) is 0. The van der Waals surface area contributed by atoms with Gasteiger partial charge >= 0.3 is 0 Å². The number of nitrogens with one attached hydrogen (secondary N) is 2. The molecule has 0 saturated heterocycles. The van der Waals surface area contributed by atoms with Gasteiger partial charge in [0, 0.05) is 22.6 Å². The molecule has 0 radical (unpaired) electrons. The van der Waals surface area contributed by atoms with E-state index in [4.69, 9.17) is 0 Å². The van der Waals surface area contributed by atoms with E-state index in [1.54, 1.807) is 11.8 Å². The second-order valence-corrected chi connectivity index (χ2v) is 7.07. The number of thioether (sulfide) groups is 1. The van der Waals surface area contributed by atoms with Crippen molar-refractivity contribution < 1.29 is 4.79 Å². The highest BCUT2D eigenvalue weighted by Gasteiger charge is 2.31. The third-order valence-corrected chi connectivity index (χ3v) is 5.45. The highest BCUT2D eigenvalue weighted by atomic mass is 32.2. The first-order valence-corrected chi connectivity index (χ1v) is 9.51. The number of rotatable bonds is 2. The predicted molar refractivity (Wildman–Crippen MR) is 101 cm³/mol. The second kappa shape index (κ2) is 6.36. The summed E-state index contributed by atoms with van der Waals surface area (Å²) in [5.74, 6) is 0.253. The molecule has 0 fully saturated rings. The van der Waals surface area contributed by atoms with Crippen LogP contribution in [0.3, 0.4) is 0 Å². The molecule has 1 heterocycles. The molecule has 2 aliphatic rings. The zero-order valence-electron chi connectivity index (χ0n) is 13.6. The summed E-state index contributed by atoms with van der Waals surface area (Å²) in [7, 11) is 0. The average Bonchev–Trinajstić information content (AvgIpc) is 2.79. The van der Waals surface area contributed by atoms with Crippen molar-refractivity contribution in [2.75, 3.05) is 16.9 Å². The van der Waals surface area contributed by atoms with Crippen LogP contribution >= 0.6 is 11.8 Å². The van der Waals surface area contributed by atoms with Gasteiger partial charge in [-0.3, -0.25) is 4.79 Å². The Balaban J connectivity index is 1.83. The maximum absolute atomic E-state index is 12.7. The van der Waals surface area contributed by atoms with Gasteiger partial charge in [-0.25, -0.2) is 0 Å². The molecule has 3 nitrogen and oxygen atoms in total. The molecule has 1 atom stereocenters. The van der Waals surface area contributed by atoms with E-state index in [9.17, 15) is 4.79 Å². The van der Waals surface area contributed by atoms with Gasteiger partial charge in [0.1, 0.15) is 0 Å². The van der Waals surface area contributed by atoms with Crippen LogP contribution in [0.1, 0.15) is 30.9 Å². The molecule has 4 heteroatoms. The molecule has 4 rings (SSSR count). The number of hydrogen-bond acceptors (Lipinski definition) is 4. The summed E-state index contributed by atoms with van der Waals surface area (Å²) in [5, 5.41) is 7.10. The molecule has 1 aliphatic heterocycles. The lowest BCUT2D eigenvalue weighted by atomic mass is 9.87. The number of benzene rings is 2. The lowest BCUT2D eigenvalue weighted by Crippen LogP contribution is -2.23. The van der Waals surface area contributed by atoms with Crippen LogP contribution in [0, 0.1) is 0 Å². The lowest BCUT2D eigenvalue weighted by molar-refractivity contribution is -0.116. The minimum atomic E-state index is -0.0974. The molecule has 0 spiro atoms. The van der Waals surface area contributed by atoms with Crippen molar-refractivity contribution in [1.82, 2.24) is 0 Å². The normalized spacial score (nSPS) is 19.7. The quantitative estimate of drug-likeness (QED) is 0.758. The molecule has 2 aromatic rings. The van der Waals surface area contributed by atoms with Crippen molar-refractivity contribution in [3.8, 4) is 0 Å². The summed E-state index contributed by atoms with van der Waals surface area (Å²) < 4.78 is 0. The maximum atomic E-state index is 12.7. The minimum Gasteiger partial charge on any atom is -0.372 e. The molecule has 122 valence electrons. The van der Waals surface area contributed by atoms with Gasteiger partial charge < -0.3 is 10.6 Å². The Hall–Kier alpha value is -2.20. The Morgan fingerprint density at radius 3 is 2.50 bits per heavy atom. The fourth-order valence-corrected chi connectivity index (χ4v) is 3.89. The largest absolute Gasteiger partial charge is 0.372 e. The van der Waals surface area contributed by atoms with Crippen molar-refractivity contribution in [3.05, 3.63) is 65.4 Å². The maximum Gasteiger partial charge on any atom is 0.163 e. The van der Waals surface area contributed by atoms with Crippen molar-refractivity contribution in [2.24, 2.45) is 0 Å². The zero-order chi connectivity index (χ0) is 16.5. The number of carbonyl (C=O) groups excluding carboxylic acids is 1. The van der Waals surface area contributed by atoms with Gasteiger partial charge in [0.05, 0.1) is 17.4 Å². The number of fused-ring (bicyclic) bond motifs is 1. The molecular weight excluding hydrogens is 316 g/mol. The van der Waals surface area contributed by atoms with Gasteiger partial charge in [0.2, 0.25) is 0 Å². The summed E-state index contributed by atoms with van der Waals surface area (Å²) in [5.41, 5.74) is 5.19. The number of Topliss-reactive ketones (excluding diaryl/α,β-unsaturated/α-hetero) is 1. The zero-order valence-corrected chi connectivity index (χ0v) is 14.5. The molecule has 0 aromatic heterocycles. The van der Waals surface area contributed by atoms with Crippen LogP contribution in [0.15, 0.2) is 64.7 Å². The van der Waals surface area contributed by atoms with E-state index in [0.717, 1.165) is 41.1 Å². The smallest absolute Gasteiger partial charge is 0.163 e. The number of para-hydroxylation sites is 2. The Morgan fingerprint density at radius 2 is 1.75 bits per heavy atom. The van der Waals surface area contributed by atoms with Crippen LogP contribution in [0.5, 0.6) is 0 Å². The molecule has 2 aromatic carbocycles. The van der Waals surface area contributed by atoms with Crippen LogP contribution in [-0.2, 0) is 4.79 Å². The van der Waals surface area contributed by atoms with Gasteiger partial charge in [0.15, 0.2) is 5.78 Å². The van der Waals surface area contributed by atoms with E-state index in [0.29, 0.717) is 6.42 Å². The van der Waals surface area contributed by atoms with Gasteiger partial charge in [-0.05, 0) is 48.9 Å². The van der Waals surface area contributed by atoms with Gasteiger partial charge in [-0.1, -0.05) is 24.3 Å². The Labute approximate surface area is 146 Å². The van der Waals surface area contributed by atoms with E-state index < -0.39 is 0 Å². The number of hydrogen-bond donors (Lipinski definition) is 2. The van der Waals surface area contributed by atoms with Crippen molar-refractivity contribution >= 4 is 28.9 Å². The fraction of sp³-hybridized carbons (Fsp3) is 0.250. The highest BCUT2D eigenvalue weighted by molar-refractivity contribution is 7.98. The number of carbonyl (C=O) groups is 1. The number of allylic oxidation sites excluding steroid dienone is 1. The van der Waals surface area contributed by atoms with Crippen molar-refractivity contribution in [2.45, 2.75) is 30.2 Å². The van der Waals surface area contributed by atoms with E-state index in [1.165, 1.54) is 4.90 Å². The van der Waals surface area contributed by atoms with Crippen LogP contribution in [0.2, 0.25) is 0 Å². The van der Waals surface area contributed by atoms with Crippen LogP contribution < -0.4 is 10.6 Å². The molecule has 24 heavy (non-hydrogen) atoms. The van der Waals surface area contributed by atoms with Crippen molar-refractivity contribution in [3.63, 3.8) is 0 Å². The summed E-state index contributed by atoms with van der Waals surface area (Å²) in [6.07, 6.45) is 4.56. The molecule has 0 amide bonds. The second-order valence-electron chi connectivity index (χ2n) is 6.19. The van der Waals surface area contributed by atoms with E-state index in [2.05, 4.69) is 53.3 Å². The van der Waals surface area contributed by atoms with Crippen molar-refractivity contribution in [1.29, 1.82) is 0 Å². The Bertz CT molecular complexity index is 811. The first-order chi connectivity index (χ1) is 11.8. The van der Waals surface area contributed by atoms with Gasteiger partial charge in [-0.2, -0.15) is 0 Å². The summed E-state index contributed by atoms with van der Waals surface area (Å²) in [4.78, 5) is 13.9. The standard InChI is InChI=1S/C20H20N2OS/c1-24-14-11-9-13(10-12-14)20-19-17(7-4-8-18(19)23)21-15-5-2-3-6-16(15)22-20/h2-3,5-6,9-12,20-22H,4,7-8H2,1H3/t20-/m1/s1. The predicted octanol–water partition coefficient (Wildman–Crippen LogP) is 4.99. The van der Waals surface area contributed by atoms with Gasteiger partial charge in [0.25, 0.3) is 0 Å². The monoisotopic (exact) mass is 336 g/mol. The molecular formula is C20H20N2OS. The number of anilines is 2. The Morgan fingerprint density at radius 1 is 1.00 bits per heavy atom. The number of ketones is 1. The van der Waals surface area contributed by atoms with Crippen LogP contribution in [0.25, 0.3) is 0 Å². The lowest BCUT2D eigenvalue weighted by Gasteiger charge is -2.25. The van der Waals surface area contributed by atoms with Crippen LogP contribution in [0.4, 0.5) is 11.4 Å². The first-order valence-electron chi connectivity index (χ1n) is 8.29. The molecule has 0 bridgehead atoms. The third kappa shape index (κ3) is 2.71. The topological polar surface area (TPSA) is 41.1 Å². The third-order valence-electron chi connectivity index (χ3n) is 4.71. The summed E-state index contributed by atoms with van der Waals surface area (Å²) in [6, 6.07) is 16.6. The minimum absolute atomic E-state index is 0.0974. The summed E-state index contributed by atoms with van der Waals surface area (Å²) >= 11 is 1.73. The molecule has 1 aliphatic carbocycles. The SMILES string of the molecule is CSc1ccc([C@H]2Nc3ccccc3NC3=C2C(=O)CCC3)cc1.